The number of fused-ring (bicyclic) bond motifs is 2. The Bertz CT molecular complexity index is 924. The van der Waals surface area contributed by atoms with E-state index in [2.05, 4.69) is 24.0 Å². The first kappa shape index (κ1) is 19.4. The van der Waals surface area contributed by atoms with E-state index in [0.29, 0.717) is 6.61 Å². The van der Waals surface area contributed by atoms with Gasteiger partial charge in [0.1, 0.15) is 17.2 Å². The molecule has 3 unspecified atom stereocenters. The van der Waals surface area contributed by atoms with Crippen LogP contribution in [0.2, 0.25) is 0 Å². The zero-order valence-electron chi connectivity index (χ0n) is 17.8. The summed E-state index contributed by atoms with van der Waals surface area (Å²) < 4.78 is 29.4. The molecule has 6 nitrogen and oxygen atoms in total. The molecule has 0 aliphatic carbocycles. The van der Waals surface area contributed by atoms with Crippen molar-refractivity contribution in [1.82, 2.24) is 4.90 Å². The number of likely N-dealkylation sites (tertiary alicyclic amines) is 1. The quantitative estimate of drug-likeness (QED) is 0.727. The van der Waals surface area contributed by atoms with Crippen molar-refractivity contribution in [2.24, 2.45) is 5.92 Å². The van der Waals surface area contributed by atoms with Crippen molar-refractivity contribution < 1.29 is 23.7 Å². The van der Waals surface area contributed by atoms with Crippen molar-refractivity contribution in [2.45, 2.75) is 38.8 Å². The molecule has 3 aliphatic rings. The fourth-order valence-electron chi connectivity index (χ4n) is 5.03. The molecule has 0 amide bonds. The van der Waals surface area contributed by atoms with Gasteiger partial charge in [0.15, 0.2) is 17.7 Å². The fourth-order valence-corrected chi connectivity index (χ4v) is 5.03. The molecule has 2 aromatic carbocycles. The van der Waals surface area contributed by atoms with Crippen LogP contribution in [0.3, 0.4) is 0 Å². The number of nitrogens with zero attached hydrogens (tertiary/aromatic N) is 1. The first-order valence-corrected chi connectivity index (χ1v) is 10.8. The van der Waals surface area contributed by atoms with Crippen molar-refractivity contribution in [3.63, 3.8) is 0 Å². The van der Waals surface area contributed by atoms with E-state index in [-0.39, 0.29) is 24.9 Å². The van der Waals surface area contributed by atoms with E-state index in [1.54, 1.807) is 7.11 Å². The van der Waals surface area contributed by atoms with E-state index >= 15 is 0 Å². The second kappa shape index (κ2) is 7.91. The zero-order valence-corrected chi connectivity index (χ0v) is 17.8. The number of hydrogen-bond donors (Lipinski definition) is 0. The maximum atomic E-state index is 6.57. The van der Waals surface area contributed by atoms with E-state index in [9.17, 15) is 0 Å². The van der Waals surface area contributed by atoms with Crippen molar-refractivity contribution in [3.8, 4) is 28.7 Å². The van der Waals surface area contributed by atoms with Gasteiger partial charge in [0, 0.05) is 48.2 Å². The molecule has 1 fully saturated rings. The third-order valence-corrected chi connectivity index (χ3v) is 6.41. The van der Waals surface area contributed by atoms with Crippen molar-refractivity contribution in [1.29, 1.82) is 0 Å². The average Bonchev–Trinajstić information content (AvgIpc) is 3.44. The van der Waals surface area contributed by atoms with Crippen molar-refractivity contribution >= 4 is 0 Å². The summed E-state index contributed by atoms with van der Waals surface area (Å²) in [5.74, 6) is 4.40. The first-order valence-electron chi connectivity index (χ1n) is 10.8. The van der Waals surface area contributed by atoms with Crippen LogP contribution in [0.1, 0.15) is 43.7 Å². The minimum absolute atomic E-state index is 0.0154. The number of hydrogen-bond acceptors (Lipinski definition) is 6. The lowest BCUT2D eigenvalue weighted by Crippen LogP contribution is -2.47. The Morgan fingerprint density at radius 2 is 1.77 bits per heavy atom. The lowest BCUT2D eigenvalue weighted by atomic mass is 9.77. The maximum Gasteiger partial charge on any atom is 0.231 e. The molecule has 5 rings (SSSR count). The number of ether oxygens (including phenoxy) is 5. The van der Waals surface area contributed by atoms with E-state index in [1.165, 1.54) is 12.8 Å². The molecule has 3 heterocycles. The lowest BCUT2D eigenvalue weighted by molar-refractivity contribution is -0.0180. The Morgan fingerprint density at radius 1 is 1.00 bits per heavy atom. The largest absolute Gasteiger partial charge is 0.496 e. The molecule has 0 aromatic heterocycles. The Balaban J connectivity index is 1.62. The molecule has 3 atom stereocenters. The Morgan fingerprint density at radius 3 is 2.50 bits per heavy atom. The highest BCUT2D eigenvalue weighted by molar-refractivity contribution is 5.58. The standard InChI is InChI=1S/C24H29NO5/c1-4-27-16-7-8-17(19(11-16)26-3)23-15(2)24(25-9-5-6-10-25)30-20-13-22-21(12-18(20)23)28-14-29-22/h7-8,11-13,15,23-24H,4-6,9-10,14H2,1-3H3. The molecule has 0 bridgehead atoms. The van der Waals surface area contributed by atoms with Crippen LogP contribution >= 0.6 is 0 Å². The van der Waals surface area contributed by atoms with Gasteiger partial charge in [0.05, 0.1) is 13.7 Å². The molecule has 0 radical (unpaired) electrons. The van der Waals surface area contributed by atoms with Crippen molar-refractivity contribution in [2.75, 3.05) is 33.6 Å². The molecule has 0 N–H and O–H groups in total. The molecule has 3 aliphatic heterocycles. The normalized spacial score (nSPS) is 25.0. The van der Waals surface area contributed by atoms with Crippen LogP contribution in [0.25, 0.3) is 0 Å². The summed E-state index contributed by atoms with van der Waals surface area (Å²) in [7, 11) is 1.72. The zero-order chi connectivity index (χ0) is 20.7. The van der Waals surface area contributed by atoms with Gasteiger partial charge < -0.3 is 23.7 Å². The van der Waals surface area contributed by atoms with E-state index in [0.717, 1.165) is 53.0 Å². The minimum atomic E-state index is 0.0154. The highest BCUT2D eigenvalue weighted by Crippen LogP contribution is 2.51. The van der Waals surface area contributed by atoms with Gasteiger partial charge in [0.25, 0.3) is 0 Å². The topological polar surface area (TPSA) is 49.4 Å². The molecule has 0 saturated carbocycles. The summed E-state index contributed by atoms with van der Waals surface area (Å²) in [6.07, 6.45) is 2.46. The van der Waals surface area contributed by atoms with E-state index in [4.69, 9.17) is 23.7 Å². The molecule has 6 heteroatoms. The summed E-state index contributed by atoms with van der Waals surface area (Å²) in [5.41, 5.74) is 2.26. The van der Waals surface area contributed by atoms with Gasteiger partial charge in [0.2, 0.25) is 6.79 Å². The van der Waals surface area contributed by atoms with Gasteiger partial charge in [-0.3, -0.25) is 4.90 Å². The van der Waals surface area contributed by atoms with Gasteiger partial charge in [-0.2, -0.15) is 0 Å². The number of benzene rings is 2. The Hall–Kier alpha value is -2.60. The molecule has 2 aromatic rings. The lowest BCUT2D eigenvalue weighted by Gasteiger charge is -2.42. The first-order chi connectivity index (χ1) is 14.7. The van der Waals surface area contributed by atoms with Crippen LogP contribution in [0.5, 0.6) is 28.7 Å². The highest BCUT2D eigenvalue weighted by Gasteiger charge is 2.42. The van der Waals surface area contributed by atoms with Crippen molar-refractivity contribution in [3.05, 3.63) is 41.5 Å². The maximum absolute atomic E-state index is 6.57. The third-order valence-electron chi connectivity index (χ3n) is 6.41. The third kappa shape index (κ3) is 3.23. The van der Waals surface area contributed by atoms with Gasteiger partial charge >= 0.3 is 0 Å². The SMILES string of the molecule is CCOc1ccc(C2c3cc4c(cc3OC(N3CCCC3)C2C)OCO4)c(OC)c1. The smallest absolute Gasteiger partial charge is 0.231 e. The summed E-state index contributed by atoms with van der Waals surface area (Å²) in [4.78, 5) is 2.46. The molecular formula is C24H29NO5. The Labute approximate surface area is 177 Å². The number of methoxy groups -OCH3 is 1. The molecule has 30 heavy (non-hydrogen) atoms. The second-order valence-corrected chi connectivity index (χ2v) is 8.17. The van der Waals surface area contributed by atoms with Crippen LogP contribution in [0.15, 0.2) is 30.3 Å². The highest BCUT2D eigenvalue weighted by atomic mass is 16.7. The molecule has 1 saturated heterocycles. The van der Waals surface area contributed by atoms with Crippen LogP contribution < -0.4 is 23.7 Å². The second-order valence-electron chi connectivity index (χ2n) is 8.17. The molecule has 0 spiro atoms. The number of rotatable bonds is 5. The van der Waals surface area contributed by atoms with Gasteiger partial charge in [-0.25, -0.2) is 0 Å². The Kier molecular flexibility index (Phi) is 5.11. The fraction of sp³-hybridized carbons (Fsp3) is 0.500. The van der Waals surface area contributed by atoms with Gasteiger partial charge in [-0.05, 0) is 31.9 Å². The van der Waals surface area contributed by atoms with E-state index in [1.807, 2.05) is 25.1 Å². The van der Waals surface area contributed by atoms with Crippen LogP contribution in [-0.2, 0) is 0 Å². The average molecular weight is 411 g/mol. The minimum Gasteiger partial charge on any atom is -0.496 e. The summed E-state index contributed by atoms with van der Waals surface area (Å²) >= 11 is 0. The van der Waals surface area contributed by atoms with Crippen LogP contribution in [0.4, 0.5) is 0 Å². The van der Waals surface area contributed by atoms with E-state index < -0.39 is 0 Å². The van der Waals surface area contributed by atoms with Crippen LogP contribution in [0, 0.1) is 5.92 Å². The van der Waals surface area contributed by atoms with Gasteiger partial charge in [-0.15, -0.1) is 0 Å². The van der Waals surface area contributed by atoms with Gasteiger partial charge in [-0.1, -0.05) is 13.0 Å². The van der Waals surface area contributed by atoms with Crippen LogP contribution in [-0.4, -0.2) is 44.7 Å². The summed E-state index contributed by atoms with van der Waals surface area (Å²) in [6.45, 7) is 7.28. The summed E-state index contributed by atoms with van der Waals surface area (Å²) in [5, 5.41) is 0. The predicted molar refractivity (Wildman–Crippen MR) is 113 cm³/mol. The monoisotopic (exact) mass is 411 g/mol. The molecule has 160 valence electrons. The molecular weight excluding hydrogens is 382 g/mol. The summed E-state index contributed by atoms with van der Waals surface area (Å²) in [6, 6.07) is 10.2. The predicted octanol–water partition coefficient (Wildman–Crippen LogP) is 4.40.